The molecule has 0 fully saturated rings. The number of hydrogen-bond acceptors (Lipinski definition) is 3. The molecule has 0 rings (SSSR count). The highest BCUT2D eigenvalue weighted by molar-refractivity contribution is 4.55. The maximum atomic E-state index is 5.30. The molecule has 1 N–H and O–H groups in total. The lowest BCUT2D eigenvalue weighted by Gasteiger charge is -2.11. The average molecular weight is 161 g/mol. The first kappa shape index (κ1) is 10.9. The Morgan fingerprint density at radius 2 is 2.09 bits per heavy atom. The van der Waals surface area contributed by atoms with E-state index < -0.39 is 0 Å². The predicted octanol–water partition coefficient (Wildman–Crippen LogP) is 0.647. The lowest BCUT2D eigenvalue weighted by molar-refractivity contribution is 0.0613. The van der Waals surface area contributed by atoms with E-state index in [2.05, 4.69) is 19.2 Å². The third kappa shape index (κ3) is 7.78. The number of likely N-dealkylation sites (N-methyl/N-ethyl adjacent to an activating group) is 1. The Kier molecular flexibility index (Phi) is 7.89. The zero-order chi connectivity index (χ0) is 8.53. The quantitative estimate of drug-likeness (QED) is 0.556. The van der Waals surface area contributed by atoms with Gasteiger partial charge in [0.25, 0.3) is 0 Å². The Morgan fingerprint density at radius 3 is 2.64 bits per heavy atom. The highest BCUT2D eigenvalue weighted by Gasteiger charge is 1.97. The summed E-state index contributed by atoms with van der Waals surface area (Å²) < 4.78 is 10.1. The molecule has 68 valence electrons. The summed E-state index contributed by atoms with van der Waals surface area (Å²) in [6.07, 6.45) is 0. The number of rotatable bonds is 7. The van der Waals surface area contributed by atoms with Crippen LogP contribution in [-0.4, -0.2) is 39.5 Å². The Labute approximate surface area is 69.1 Å². The molecule has 0 bridgehead atoms. The van der Waals surface area contributed by atoms with Crippen molar-refractivity contribution >= 4 is 0 Å². The van der Waals surface area contributed by atoms with Gasteiger partial charge in [0.15, 0.2) is 0 Å². The summed E-state index contributed by atoms with van der Waals surface area (Å²) >= 11 is 0. The van der Waals surface area contributed by atoms with E-state index in [1.165, 1.54) is 0 Å². The van der Waals surface area contributed by atoms with E-state index in [4.69, 9.17) is 9.47 Å². The molecule has 0 aliphatic rings. The summed E-state index contributed by atoms with van der Waals surface area (Å²) in [4.78, 5) is 0. The summed E-state index contributed by atoms with van der Waals surface area (Å²) in [5.41, 5.74) is 0. The third-order valence-electron chi connectivity index (χ3n) is 1.35. The molecule has 3 nitrogen and oxygen atoms in total. The van der Waals surface area contributed by atoms with E-state index in [1.54, 1.807) is 7.11 Å². The minimum Gasteiger partial charge on any atom is -0.382 e. The Balaban J connectivity index is 2.97. The maximum Gasteiger partial charge on any atom is 0.0701 e. The van der Waals surface area contributed by atoms with Gasteiger partial charge in [0.1, 0.15) is 0 Å². The van der Waals surface area contributed by atoms with Crippen molar-refractivity contribution in [3.63, 3.8) is 0 Å². The molecule has 3 heteroatoms. The molecule has 0 heterocycles. The lowest BCUT2D eigenvalue weighted by Crippen LogP contribution is -2.30. The molecular weight excluding hydrogens is 142 g/mol. The van der Waals surface area contributed by atoms with E-state index in [0.29, 0.717) is 19.3 Å². The van der Waals surface area contributed by atoms with E-state index in [0.717, 1.165) is 13.2 Å². The molecular formula is C8H19NO2. The lowest BCUT2D eigenvalue weighted by atomic mass is 10.4. The minimum absolute atomic E-state index is 0.442. The standard InChI is InChI=1S/C8H19NO2/c1-4-9-8(2)7-11-6-5-10-3/h8-9H,4-7H2,1-3H3. The van der Waals surface area contributed by atoms with E-state index in [1.807, 2.05) is 0 Å². The third-order valence-corrected chi connectivity index (χ3v) is 1.35. The first-order chi connectivity index (χ1) is 5.31. The van der Waals surface area contributed by atoms with Gasteiger partial charge in [0.2, 0.25) is 0 Å². The van der Waals surface area contributed by atoms with Crippen molar-refractivity contribution in [2.45, 2.75) is 19.9 Å². The Morgan fingerprint density at radius 1 is 1.36 bits per heavy atom. The smallest absolute Gasteiger partial charge is 0.0701 e. The normalized spacial score (nSPS) is 13.4. The Hall–Kier alpha value is -0.120. The van der Waals surface area contributed by atoms with Gasteiger partial charge in [-0.25, -0.2) is 0 Å². The van der Waals surface area contributed by atoms with Crippen LogP contribution in [0.25, 0.3) is 0 Å². The van der Waals surface area contributed by atoms with Crippen LogP contribution >= 0.6 is 0 Å². The number of hydrogen-bond donors (Lipinski definition) is 1. The fourth-order valence-corrected chi connectivity index (χ4v) is 0.810. The number of nitrogens with one attached hydrogen (secondary N) is 1. The fourth-order valence-electron chi connectivity index (χ4n) is 0.810. The van der Waals surface area contributed by atoms with Crippen LogP contribution in [0.5, 0.6) is 0 Å². The molecule has 0 aromatic rings. The molecule has 0 spiro atoms. The van der Waals surface area contributed by atoms with E-state index >= 15 is 0 Å². The second-order valence-corrected chi connectivity index (χ2v) is 2.53. The molecule has 1 atom stereocenters. The van der Waals surface area contributed by atoms with Crippen LogP contribution in [-0.2, 0) is 9.47 Å². The zero-order valence-corrected chi connectivity index (χ0v) is 7.72. The van der Waals surface area contributed by atoms with Crippen LogP contribution in [0.2, 0.25) is 0 Å². The van der Waals surface area contributed by atoms with Gasteiger partial charge in [-0.3, -0.25) is 0 Å². The van der Waals surface area contributed by atoms with E-state index in [9.17, 15) is 0 Å². The van der Waals surface area contributed by atoms with Crippen molar-refractivity contribution in [2.75, 3.05) is 33.5 Å². The molecule has 0 aromatic carbocycles. The van der Waals surface area contributed by atoms with Gasteiger partial charge in [-0.2, -0.15) is 0 Å². The molecule has 0 radical (unpaired) electrons. The van der Waals surface area contributed by atoms with Gasteiger partial charge in [0, 0.05) is 13.2 Å². The molecule has 0 amide bonds. The Bertz CT molecular complexity index is 78.5. The second-order valence-electron chi connectivity index (χ2n) is 2.53. The molecule has 0 aliphatic heterocycles. The van der Waals surface area contributed by atoms with Crippen molar-refractivity contribution in [3.05, 3.63) is 0 Å². The summed E-state index contributed by atoms with van der Waals surface area (Å²) in [7, 11) is 1.68. The monoisotopic (exact) mass is 161 g/mol. The van der Waals surface area contributed by atoms with Gasteiger partial charge in [-0.1, -0.05) is 6.92 Å². The summed E-state index contributed by atoms with van der Waals surface area (Å²) in [5.74, 6) is 0. The molecule has 11 heavy (non-hydrogen) atoms. The first-order valence-electron chi connectivity index (χ1n) is 4.11. The zero-order valence-electron chi connectivity index (χ0n) is 7.72. The van der Waals surface area contributed by atoms with E-state index in [-0.39, 0.29) is 0 Å². The summed E-state index contributed by atoms with van der Waals surface area (Å²) in [6.45, 7) is 7.32. The van der Waals surface area contributed by atoms with Crippen LogP contribution in [0.4, 0.5) is 0 Å². The topological polar surface area (TPSA) is 30.5 Å². The van der Waals surface area contributed by atoms with Crippen molar-refractivity contribution in [3.8, 4) is 0 Å². The minimum atomic E-state index is 0.442. The predicted molar refractivity (Wildman–Crippen MR) is 45.8 cm³/mol. The van der Waals surface area contributed by atoms with Gasteiger partial charge >= 0.3 is 0 Å². The highest BCUT2D eigenvalue weighted by atomic mass is 16.5. The van der Waals surface area contributed by atoms with Gasteiger partial charge < -0.3 is 14.8 Å². The summed E-state index contributed by atoms with van der Waals surface area (Å²) in [6, 6.07) is 0.442. The average Bonchev–Trinajstić information content (AvgIpc) is 1.99. The van der Waals surface area contributed by atoms with Crippen LogP contribution in [0.3, 0.4) is 0 Å². The summed E-state index contributed by atoms with van der Waals surface area (Å²) in [5, 5.41) is 3.26. The van der Waals surface area contributed by atoms with Gasteiger partial charge in [-0.15, -0.1) is 0 Å². The second kappa shape index (κ2) is 7.98. The molecule has 0 saturated heterocycles. The first-order valence-corrected chi connectivity index (χ1v) is 4.11. The SMILES string of the molecule is CCNC(C)COCCOC. The van der Waals surface area contributed by atoms with Crippen molar-refractivity contribution < 1.29 is 9.47 Å². The number of ether oxygens (including phenoxy) is 2. The fraction of sp³-hybridized carbons (Fsp3) is 1.00. The molecule has 1 unspecified atom stereocenters. The largest absolute Gasteiger partial charge is 0.382 e. The van der Waals surface area contributed by atoms with Gasteiger partial charge in [0.05, 0.1) is 19.8 Å². The highest BCUT2D eigenvalue weighted by Crippen LogP contribution is 1.83. The van der Waals surface area contributed by atoms with Crippen LogP contribution in [0.15, 0.2) is 0 Å². The molecule has 0 saturated carbocycles. The van der Waals surface area contributed by atoms with Crippen molar-refractivity contribution in [1.82, 2.24) is 5.32 Å². The van der Waals surface area contributed by atoms with Crippen LogP contribution < -0.4 is 5.32 Å². The van der Waals surface area contributed by atoms with Gasteiger partial charge in [-0.05, 0) is 13.5 Å². The molecule has 0 aliphatic carbocycles. The maximum absolute atomic E-state index is 5.30. The molecule has 0 aromatic heterocycles. The van der Waals surface area contributed by atoms with Crippen molar-refractivity contribution in [1.29, 1.82) is 0 Å². The van der Waals surface area contributed by atoms with Crippen LogP contribution in [0, 0.1) is 0 Å². The van der Waals surface area contributed by atoms with Crippen LogP contribution in [0.1, 0.15) is 13.8 Å². The number of methoxy groups -OCH3 is 1. The van der Waals surface area contributed by atoms with Crippen molar-refractivity contribution in [2.24, 2.45) is 0 Å².